The van der Waals surface area contributed by atoms with Crippen LogP contribution in [0.15, 0.2) is 0 Å². The zero-order valence-electron chi connectivity index (χ0n) is 8.19. The maximum absolute atomic E-state index is 3.25. The van der Waals surface area contributed by atoms with E-state index in [1.807, 2.05) is 14.2 Å². The Morgan fingerprint density at radius 3 is 2.64 bits per heavy atom. The van der Waals surface area contributed by atoms with Crippen molar-refractivity contribution in [2.75, 3.05) is 6.54 Å². The van der Waals surface area contributed by atoms with Crippen molar-refractivity contribution in [3.05, 3.63) is 0 Å². The van der Waals surface area contributed by atoms with Crippen LogP contribution in [-0.2, 0) is 0 Å². The maximum atomic E-state index is 3.25. The molecule has 65 valence electrons. The molecule has 0 fully saturated rings. The first-order valence-corrected chi connectivity index (χ1v) is 4.82. The highest BCUT2D eigenvalue weighted by molar-refractivity contribution is 6.29. The zero-order chi connectivity index (χ0) is 8.53. The van der Waals surface area contributed by atoms with Gasteiger partial charge in [0.2, 0.25) is 7.41 Å². The molecule has 0 rings (SSSR count). The van der Waals surface area contributed by atoms with Gasteiger partial charge in [0.25, 0.3) is 0 Å². The number of rotatable bonds is 7. The van der Waals surface area contributed by atoms with Crippen molar-refractivity contribution in [3.63, 3.8) is 0 Å². The zero-order valence-corrected chi connectivity index (χ0v) is 8.19. The van der Waals surface area contributed by atoms with E-state index in [0.29, 0.717) is 0 Å². The summed E-state index contributed by atoms with van der Waals surface area (Å²) < 4.78 is 0. The summed E-state index contributed by atoms with van der Waals surface area (Å²) in [5.74, 6) is 0.831. The van der Waals surface area contributed by atoms with Crippen molar-refractivity contribution < 1.29 is 0 Å². The second-order valence-electron chi connectivity index (χ2n) is 3.30. The van der Waals surface area contributed by atoms with Crippen molar-refractivity contribution in [2.45, 2.75) is 46.4 Å². The Bertz CT molecular complexity index is 76.0. The third-order valence-electron chi connectivity index (χ3n) is 1.97. The minimum Gasteiger partial charge on any atom is -0.360 e. The van der Waals surface area contributed by atoms with E-state index in [-0.39, 0.29) is 0 Å². The molecule has 0 amide bonds. The van der Waals surface area contributed by atoms with E-state index < -0.39 is 0 Å². The molecule has 0 bridgehead atoms. The molecule has 0 aliphatic rings. The first-order chi connectivity index (χ1) is 5.31. The minimum atomic E-state index is 0.831. The molecule has 0 aromatic heterocycles. The monoisotopic (exact) mass is 154 g/mol. The maximum Gasteiger partial charge on any atom is 0.201 e. The van der Waals surface area contributed by atoms with Crippen LogP contribution in [0, 0.1) is 5.92 Å². The predicted octanol–water partition coefficient (Wildman–Crippen LogP) is 2.46. The fraction of sp³-hybridized carbons (Fsp3) is 1.00. The summed E-state index contributed by atoms with van der Waals surface area (Å²) in [5, 5.41) is 3.25. The van der Waals surface area contributed by atoms with Crippen LogP contribution in [0.3, 0.4) is 0 Å². The molecule has 0 aromatic carbocycles. The molecular formula is C9H21BN. The van der Waals surface area contributed by atoms with Gasteiger partial charge in [-0.25, -0.2) is 0 Å². The summed E-state index contributed by atoms with van der Waals surface area (Å²) in [4.78, 5) is 0. The Morgan fingerprint density at radius 2 is 2.09 bits per heavy atom. The Morgan fingerprint density at radius 1 is 1.36 bits per heavy atom. The summed E-state index contributed by atoms with van der Waals surface area (Å²) in [7, 11) is 2.02. The van der Waals surface area contributed by atoms with Gasteiger partial charge in [-0.3, -0.25) is 0 Å². The van der Waals surface area contributed by atoms with Crippen molar-refractivity contribution in [3.8, 4) is 0 Å². The van der Waals surface area contributed by atoms with Crippen LogP contribution in [0.4, 0.5) is 0 Å². The molecule has 0 spiro atoms. The van der Waals surface area contributed by atoms with Crippen LogP contribution in [0.25, 0.3) is 0 Å². The lowest BCUT2D eigenvalue weighted by Gasteiger charge is -2.10. The fourth-order valence-corrected chi connectivity index (χ4v) is 1.16. The lowest BCUT2D eigenvalue weighted by atomic mass is 9.96. The summed E-state index contributed by atoms with van der Waals surface area (Å²) >= 11 is 0. The van der Waals surface area contributed by atoms with Gasteiger partial charge in [-0.1, -0.05) is 39.9 Å². The molecule has 0 aliphatic heterocycles. The Balaban J connectivity index is 3.02. The normalized spacial score (nSPS) is 13.0. The minimum absolute atomic E-state index is 0.831. The van der Waals surface area contributed by atoms with Gasteiger partial charge < -0.3 is 5.23 Å². The van der Waals surface area contributed by atoms with Crippen LogP contribution in [0.5, 0.6) is 0 Å². The smallest absolute Gasteiger partial charge is 0.201 e. The molecule has 0 saturated carbocycles. The largest absolute Gasteiger partial charge is 0.360 e. The number of hydrogen-bond donors (Lipinski definition) is 1. The van der Waals surface area contributed by atoms with E-state index in [1.54, 1.807) is 0 Å². The van der Waals surface area contributed by atoms with E-state index in [4.69, 9.17) is 0 Å². The van der Waals surface area contributed by atoms with E-state index in [9.17, 15) is 0 Å². The van der Waals surface area contributed by atoms with Gasteiger partial charge in [0.05, 0.1) is 0 Å². The molecule has 11 heavy (non-hydrogen) atoms. The van der Waals surface area contributed by atoms with Gasteiger partial charge in [-0.05, 0) is 18.9 Å². The van der Waals surface area contributed by atoms with E-state index in [1.165, 1.54) is 25.7 Å². The van der Waals surface area contributed by atoms with Gasteiger partial charge in [0.1, 0.15) is 0 Å². The van der Waals surface area contributed by atoms with Gasteiger partial charge in [-0.15, -0.1) is 0 Å². The SMILES string of the molecule is C[B]NC[C@H](C)CCCCC. The summed E-state index contributed by atoms with van der Waals surface area (Å²) in [6.45, 7) is 7.74. The molecule has 0 saturated heterocycles. The molecule has 2 heteroatoms. The fourth-order valence-electron chi connectivity index (χ4n) is 1.16. The molecule has 0 aliphatic carbocycles. The summed E-state index contributed by atoms with van der Waals surface area (Å²) in [6, 6.07) is 0. The summed E-state index contributed by atoms with van der Waals surface area (Å²) in [5.41, 5.74) is 0. The Kier molecular flexibility index (Phi) is 8.14. The van der Waals surface area contributed by atoms with Crippen molar-refractivity contribution in [1.82, 2.24) is 5.23 Å². The first kappa shape index (κ1) is 11.0. The highest BCUT2D eigenvalue weighted by Crippen LogP contribution is 2.07. The second-order valence-corrected chi connectivity index (χ2v) is 3.30. The molecule has 1 N–H and O–H groups in total. The van der Waals surface area contributed by atoms with Crippen LogP contribution in [0.2, 0.25) is 6.82 Å². The van der Waals surface area contributed by atoms with E-state index >= 15 is 0 Å². The van der Waals surface area contributed by atoms with Crippen molar-refractivity contribution in [2.24, 2.45) is 5.92 Å². The van der Waals surface area contributed by atoms with Gasteiger partial charge in [0, 0.05) is 0 Å². The molecule has 0 unspecified atom stereocenters. The quantitative estimate of drug-likeness (QED) is 0.438. The molecule has 1 atom stereocenters. The first-order valence-electron chi connectivity index (χ1n) is 4.82. The Hall–Kier alpha value is 0.0249. The van der Waals surface area contributed by atoms with E-state index in [0.717, 1.165) is 12.5 Å². The van der Waals surface area contributed by atoms with Crippen LogP contribution in [-0.4, -0.2) is 14.0 Å². The third-order valence-corrected chi connectivity index (χ3v) is 1.97. The van der Waals surface area contributed by atoms with Gasteiger partial charge in [0.15, 0.2) is 0 Å². The lowest BCUT2D eigenvalue weighted by molar-refractivity contribution is 0.491. The molecule has 0 heterocycles. The number of unbranched alkanes of at least 4 members (excludes halogenated alkanes) is 2. The molecular weight excluding hydrogens is 133 g/mol. The van der Waals surface area contributed by atoms with Gasteiger partial charge >= 0.3 is 0 Å². The number of nitrogens with one attached hydrogen (secondary N) is 1. The lowest BCUT2D eigenvalue weighted by Crippen LogP contribution is -2.22. The van der Waals surface area contributed by atoms with Crippen LogP contribution in [0.1, 0.15) is 39.5 Å². The Labute approximate surface area is 72.2 Å². The third kappa shape index (κ3) is 7.93. The highest BCUT2D eigenvalue weighted by atomic mass is 14.7. The van der Waals surface area contributed by atoms with Crippen LogP contribution < -0.4 is 5.23 Å². The second kappa shape index (κ2) is 8.12. The predicted molar refractivity (Wildman–Crippen MR) is 52.9 cm³/mol. The molecule has 0 aromatic rings. The average molecular weight is 154 g/mol. The summed E-state index contributed by atoms with van der Waals surface area (Å²) in [6.07, 6.45) is 5.48. The van der Waals surface area contributed by atoms with Crippen LogP contribution >= 0.6 is 0 Å². The van der Waals surface area contributed by atoms with Crippen molar-refractivity contribution >= 4 is 7.41 Å². The van der Waals surface area contributed by atoms with Crippen molar-refractivity contribution in [1.29, 1.82) is 0 Å². The topological polar surface area (TPSA) is 12.0 Å². The molecule has 1 nitrogen and oxygen atoms in total. The van der Waals surface area contributed by atoms with Gasteiger partial charge in [-0.2, -0.15) is 0 Å². The average Bonchev–Trinajstić information content (AvgIpc) is 2.01. The molecule has 1 radical (unpaired) electrons. The standard InChI is InChI=1S/C9H21BN/c1-4-5-6-7-9(2)8-11-10-3/h9,11H,4-8H2,1-3H3/t9-/m1/s1. The highest BCUT2D eigenvalue weighted by Gasteiger charge is 1.99. The van der Waals surface area contributed by atoms with E-state index in [2.05, 4.69) is 19.1 Å². The number of hydrogen-bond acceptors (Lipinski definition) is 1.